The fraction of sp³-hybridized carbons (Fsp3) is 0.294. The minimum atomic E-state index is -0.367. The van der Waals surface area contributed by atoms with Crippen LogP contribution in [-0.2, 0) is 5.41 Å². The van der Waals surface area contributed by atoms with Gasteiger partial charge in [-0.25, -0.2) is 4.39 Å². The van der Waals surface area contributed by atoms with Crippen molar-refractivity contribution in [3.63, 3.8) is 0 Å². The number of hydrogen-bond acceptors (Lipinski definition) is 0. The van der Waals surface area contributed by atoms with Crippen LogP contribution in [0.2, 0.25) is 0 Å². The maximum Gasteiger partial charge on any atom is 0.137 e. The zero-order valence-corrected chi connectivity index (χ0v) is 14.1. The molecule has 0 aliphatic carbocycles. The highest BCUT2D eigenvalue weighted by Crippen LogP contribution is 2.35. The van der Waals surface area contributed by atoms with Gasteiger partial charge in [-0.2, -0.15) is 0 Å². The van der Waals surface area contributed by atoms with Crippen LogP contribution in [0.25, 0.3) is 0 Å². The molecule has 1 unspecified atom stereocenters. The Morgan fingerprint density at radius 3 is 2.20 bits per heavy atom. The average molecular weight is 356 g/mol. The summed E-state index contributed by atoms with van der Waals surface area (Å²) in [5, 5.41) is -0.367. The molecule has 106 valence electrons. The molecule has 0 spiro atoms. The zero-order chi connectivity index (χ0) is 14.9. The first-order valence-corrected chi connectivity index (χ1v) is 7.72. The summed E-state index contributed by atoms with van der Waals surface area (Å²) >= 11 is 9.74. The molecular formula is C17H17BrClF. The van der Waals surface area contributed by atoms with Crippen LogP contribution < -0.4 is 0 Å². The van der Waals surface area contributed by atoms with Gasteiger partial charge >= 0.3 is 0 Å². The van der Waals surface area contributed by atoms with Gasteiger partial charge in [-0.05, 0) is 44.1 Å². The lowest BCUT2D eigenvalue weighted by Crippen LogP contribution is -2.10. The smallest absolute Gasteiger partial charge is 0.137 e. The fourth-order valence-electron chi connectivity index (χ4n) is 2.05. The van der Waals surface area contributed by atoms with E-state index in [9.17, 15) is 4.39 Å². The van der Waals surface area contributed by atoms with E-state index in [4.69, 9.17) is 11.6 Å². The molecule has 3 heteroatoms. The molecule has 2 rings (SSSR count). The minimum absolute atomic E-state index is 0.111. The number of hydrogen-bond donors (Lipinski definition) is 0. The van der Waals surface area contributed by atoms with E-state index >= 15 is 0 Å². The Morgan fingerprint density at radius 1 is 1.05 bits per heavy atom. The summed E-state index contributed by atoms with van der Waals surface area (Å²) in [7, 11) is 0. The summed E-state index contributed by atoms with van der Waals surface area (Å²) in [4.78, 5) is 0. The molecule has 1 atom stereocenters. The van der Waals surface area contributed by atoms with Crippen LogP contribution in [-0.4, -0.2) is 0 Å². The Labute approximate surface area is 133 Å². The quantitative estimate of drug-likeness (QED) is 0.561. The van der Waals surface area contributed by atoms with Gasteiger partial charge in [0.25, 0.3) is 0 Å². The van der Waals surface area contributed by atoms with Gasteiger partial charge in [0.05, 0.1) is 9.85 Å². The summed E-state index contributed by atoms with van der Waals surface area (Å²) in [5.74, 6) is -0.292. The predicted molar refractivity (Wildman–Crippen MR) is 86.9 cm³/mol. The summed E-state index contributed by atoms with van der Waals surface area (Å²) in [6.07, 6.45) is 0. The standard InChI is InChI=1S/C17H17BrClF/c1-17(2,3)12-9-7-11(8-10-12)16(19)13-5-4-6-14(20)15(13)18/h4-10,16H,1-3H3. The van der Waals surface area contributed by atoms with Gasteiger partial charge in [0.15, 0.2) is 0 Å². The lowest BCUT2D eigenvalue weighted by atomic mass is 9.86. The molecule has 0 saturated carbocycles. The van der Waals surface area contributed by atoms with Crippen molar-refractivity contribution < 1.29 is 4.39 Å². The lowest BCUT2D eigenvalue weighted by molar-refractivity contribution is 0.590. The summed E-state index contributed by atoms with van der Waals surface area (Å²) < 4.78 is 14.0. The molecule has 0 nitrogen and oxygen atoms in total. The summed E-state index contributed by atoms with van der Waals surface area (Å²) in [6, 6.07) is 13.1. The Bertz CT molecular complexity index is 599. The van der Waals surface area contributed by atoms with Crippen molar-refractivity contribution in [1.29, 1.82) is 0 Å². The van der Waals surface area contributed by atoms with E-state index in [-0.39, 0.29) is 16.6 Å². The molecule has 0 saturated heterocycles. The number of benzene rings is 2. The van der Waals surface area contributed by atoms with Crippen LogP contribution in [0.5, 0.6) is 0 Å². The number of alkyl halides is 1. The van der Waals surface area contributed by atoms with E-state index < -0.39 is 0 Å². The molecule has 0 heterocycles. The Morgan fingerprint density at radius 2 is 1.65 bits per heavy atom. The SMILES string of the molecule is CC(C)(C)c1ccc(C(Cl)c2cccc(F)c2Br)cc1. The van der Waals surface area contributed by atoms with Gasteiger partial charge in [0.1, 0.15) is 5.82 Å². The third-order valence-electron chi connectivity index (χ3n) is 3.32. The fourth-order valence-corrected chi connectivity index (χ4v) is 3.00. The third-order valence-corrected chi connectivity index (χ3v) is 4.65. The summed E-state index contributed by atoms with van der Waals surface area (Å²) in [6.45, 7) is 6.51. The van der Waals surface area contributed by atoms with Gasteiger partial charge in [0.2, 0.25) is 0 Å². The highest BCUT2D eigenvalue weighted by atomic mass is 79.9. The molecule has 2 aromatic rings. The van der Waals surface area contributed by atoms with E-state index in [0.29, 0.717) is 4.47 Å². The first-order valence-electron chi connectivity index (χ1n) is 6.49. The van der Waals surface area contributed by atoms with Gasteiger partial charge in [-0.3, -0.25) is 0 Å². The van der Waals surface area contributed by atoms with Crippen LogP contribution in [0, 0.1) is 5.82 Å². The van der Waals surface area contributed by atoms with E-state index in [0.717, 1.165) is 11.1 Å². The highest BCUT2D eigenvalue weighted by molar-refractivity contribution is 9.10. The van der Waals surface area contributed by atoms with Gasteiger partial charge in [-0.15, -0.1) is 11.6 Å². The molecule has 20 heavy (non-hydrogen) atoms. The van der Waals surface area contributed by atoms with Crippen molar-refractivity contribution in [2.24, 2.45) is 0 Å². The molecule has 0 amide bonds. The normalized spacial score (nSPS) is 13.3. The second kappa shape index (κ2) is 5.87. The van der Waals surface area contributed by atoms with E-state index in [2.05, 4.69) is 48.8 Å². The van der Waals surface area contributed by atoms with Gasteiger partial charge in [-0.1, -0.05) is 57.2 Å². The van der Waals surface area contributed by atoms with Crippen molar-refractivity contribution >= 4 is 27.5 Å². The largest absolute Gasteiger partial charge is 0.206 e. The first kappa shape index (κ1) is 15.5. The van der Waals surface area contributed by atoms with E-state index in [1.54, 1.807) is 6.07 Å². The molecule has 0 aliphatic heterocycles. The number of rotatable bonds is 2. The maximum atomic E-state index is 13.6. The molecular weight excluding hydrogens is 339 g/mol. The van der Waals surface area contributed by atoms with Crippen LogP contribution >= 0.6 is 27.5 Å². The second-order valence-electron chi connectivity index (χ2n) is 5.88. The van der Waals surface area contributed by atoms with Crippen LogP contribution in [0.3, 0.4) is 0 Å². The van der Waals surface area contributed by atoms with E-state index in [1.165, 1.54) is 11.6 Å². The Balaban J connectivity index is 2.34. The van der Waals surface area contributed by atoms with Crippen molar-refractivity contribution in [2.75, 3.05) is 0 Å². The van der Waals surface area contributed by atoms with Gasteiger partial charge in [0, 0.05) is 0 Å². The lowest BCUT2D eigenvalue weighted by Gasteiger charge is -2.20. The topological polar surface area (TPSA) is 0 Å². The van der Waals surface area contributed by atoms with Gasteiger partial charge < -0.3 is 0 Å². The van der Waals surface area contributed by atoms with Crippen LogP contribution in [0.1, 0.15) is 42.8 Å². The third kappa shape index (κ3) is 3.24. The molecule has 0 bridgehead atoms. The minimum Gasteiger partial charge on any atom is -0.206 e. The van der Waals surface area contributed by atoms with Crippen molar-refractivity contribution in [3.05, 3.63) is 69.4 Å². The first-order chi connectivity index (χ1) is 9.30. The van der Waals surface area contributed by atoms with Crippen molar-refractivity contribution in [1.82, 2.24) is 0 Å². The molecule has 0 aliphatic rings. The van der Waals surface area contributed by atoms with E-state index in [1.807, 2.05) is 18.2 Å². The monoisotopic (exact) mass is 354 g/mol. The Kier molecular flexibility index (Phi) is 4.55. The molecule has 0 aromatic heterocycles. The Hall–Kier alpha value is -0.860. The molecule has 0 fully saturated rings. The molecule has 2 aromatic carbocycles. The van der Waals surface area contributed by atoms with Crippen molar-refractivity contribution in [2.45, 2.75) is 31.6 Å². The van der Waals surface area contributed by atoms with Crippen LogP contribution in [0.15, 0.2) is 46.9 Å². The van der Waals surface area contributed by atoms with Crippen LogP contribution in [0.4, 0.5) is 4.39 Å². The molecule has 0 radical (unpaired) electrons. The highest BCUT2D eigenvalue weighted by Gasteiger charge is 2.18. The average Bonchev–Trinajstić information content (AvgIpc) is 2.40. The molecule has 0 N–H and O–H groups in total. The zero-order valence-electron chi connectivity index (χ0n) is 11.8. The predicted octanol–water partition coefficient (Wildman–Crippen LogP) is 6.21. The summed E-state index contributed by atoms with van der Waals surface area (Å²) in [5.41, 5.74) is 3.07. The second-order valence-corrected chi connectivity index (χ2v) is 7.11. The maximum absolute atomic E-state index is 13.6. The number of halogens is 3. The van der Waals surface area contributed by atoms with Crippen molar-refractivity contribution in [3.8, 4) is 0 Å².